The predicted molar refractivity (Wildman–Crippen MR) is 95.3 cm³/mol. The molecule has 25 heavy (non-hydrogen) atoms. The summed E-state index contributed by atoms with van der Waals surface area (Å²) < 4.78 is 10.4. The third-order valence-corrected chi connectivity index (χ3v) is 4.00. The van der Waals surface area contributed by atoms with Crippen molar-refractivity contribution in [3.63, 3.8) is 0 Å². The van der Waals surface area contributed by atoms with E-state index in [1.807, 2.05) is 0 Å². The number of methoxy groups -OCH3 is 2. The number of hydrogen-bond acceptors (Lipinski definition) is 4. The number of carbonyl (C=O) groups is 2. The molecule has 0 aliphatic heterocycles. The Bertz CT molecular complexity index is 783. The van der Waals surface area contributed by atoms with Crippen LogP contribution in [0.2, 0.25) is 0 Å². The summed E-state index contributed by atoms with van der Waals surface area (Å²) >= 11 is 0. The average molecular weight is 340 g/mol. The van der Waals surface area contributed by atoms with Crippen LogP contribution in [0.25, 0.3) is 0 Å². The van der Waals surface area contributed by atoms with Crippen LogP contribution in [0, 0.1) is 5.92 Å². The van der Waals surface area contributed by atoms with Gasteiger partial charge >= 0.3 is 0 Å². The highest BCUT2D eigenvalue weighted by Gasteiger charge is 2.29. The van der Waals surface area contributed by atoms with Gasteiger partial charge in [0.25, 0.3) is 5.91 Å². The van der Waals surface area contributed by atoms with Gasteiger partial charge in [0, 0.05) is 28.9 Å². The highest BCUT2D eigenvalue weighted by Crippen LogP contribution is 2.31. The van der Waals surface area contributed by atoms with E-state index in [1.54, 1.807) is 49.6 Å². The van der Waals surface area contributed by atoms with Crippen LogP contribution in [0.1, 0.15) is 23.2 Å². The number of hydrogen-bond donors (Lipinski definition) is 2. The molecule has 0 saturated heterocycles. The van der Waals surface area contributed by atoms with Crippen molar-refractivity contribution >= 4 is 23.2 Å². The minimum atomic E-state index is -0.243. The number of ether oxygens (including phenoxy) is 2. The van der Waals surface area contributed by atoms with E-state index < -0.39 is 0 Å². The second-order valence-corrected chi connectivity index (χ2v) is 5.86. The predicted octanol–water partition coefficient (Wildman–Crippen LogP) is 3.30. The quantitative estimate of drug-likeness (QED) is 0.846. The summed E-state index contributed by atoms with van der Waals surface area (Å²) in [6, 6.07) is 12.0. The van der Waals surface area contributed by atoms with Crippen LogP contribution >= 0.6 is 0 Å². The molecule has 6 nitrogen and oxygen atoms in total. The van der Waals surface area contributed by atoms with Gasteiger partial charge in [-0.15, -0.1) is 0 Å². The van der Waals surface area contributed by atoms with Gasteiger partial charge in [0.05, 0.1) is 14.2 Å². The fraction of sp³-hybridized carbons (Fsp3) is 0.263. The lowest BCUT2D eigenvalue weighted by Gasteiger charge is -2.11. The lowest BCUT2D eigenvalue weighted by Crippen LogP contribution is -2.14. The van der Waals surface area contributed by atoms with E-state index in [4.69, 9.17) is 9.47 Å². The SMILES string of the molecule is COc1ccc(NC(=O)c2ccc(NC(=O)C3CC3)cc2)cc1OC. The molecular formula is C19H20N2O4. The van der Waals surface area contributed by atoms with Crippen molar-refractivity contribution in [1.82, 2.24) is 0 Å². The van der Waals surface area contributed by atoms with Crippen LogP contribution in [0.3, 0.4) is 0 Å². The monoisotopic (exact) mass is 340 g/mol. The molecule has 130 valence electrons. The molecule has 0 unspecified atom stereocenters. The molecule has 0 heterocycles. The van der Waals surface area contributed by atoms with E-state index in [9.17, 15) is 9.59 Å². The minimum absolute atomic E-state index is 0.0440. The lowest BCUT2D eigenvalue weighted by atomic mass is 10.2. The Labute approximate surface area is 146 Å². The largest absolute Gasteiger partial charge is 0.493 e. The molecule has 0 atom stereocenters. The van der Waals surface area contributed by atoms with Gasteiger partial charge in [-0.2, -0.15) is 0 Å². The summed E-state index contributed by atoms with van der Waals surface area (Å²) in [4.78, 5) is 24.1. The zero-order valence-corrected chi connectivity index (χ0v) is 14.2. The first-order valence-electron chi connectivity index (χ1n) is 8.05. The molecule has 0 spiro atoms. The topological polar surface area (TPSA) is 76.7 Å². The lowest BCUT2D eigenvalue weighted by molar-refractivity contribution is -0.117. The summed E-state index contributed by atoms with van der Waals surface area (Å²) in [6.07, 6.45) is 1.91. The van der Waals surface area contributed by atoms with Crippen LogP contribution in [0.4, 0.5) is 11.4 Å². The smallest absolute Gasteiger partial charge is 0.255 e. The fourth-order valence-electron chi connectivity index (χ4n) is 2.41. The van der Waals surface area contributed by atoms with Crippen LogP contribution < -0.4 is 20.1 Å². The average Bonchev–Trinajstić information content (AvgIpc) is 3.47. The maximum Gasteiger partial charge on any atom is 0.255 e. The summed E-state index contributed by atoms with van der Waals surface area (Å²) in [5.41, 5.74) is 1.80. The first kappa shape index (κ1) is 16.8. The molecule has 3 rings (SSSR count). The van der Waals surface area contributed by atoms with Gasteiger partial charge in [-0.3, -0.25) is 9.59 Å². The molecule has 1 aliphatic carbocycles. The van der Waals surface area contributed by atoms with Gasteiger partial charge < -0.3 is 20.1 Å². The van der Waals surface area contributed by atoms with E-state index in [-0.39, 0.29) is 17.7 Å². The Balaban J connectivity index is 1.65. The first-order chi connectivity index (χ1) is 12.1. The fourth-order valence-corrected chi connectivity index (χ4v) is 2.41. The Morgan fingerprint density at radius 1 is 0.880 bits per heavy atom. The van der Waals surface area contributed by atoms with E-state index >= 15 is 0 Å². The zero-order chi connectivity index (χ0) is 17.8. The number of rotatable bonds is 6. The van der Waals surface area contributed by atoms with Crippen LogP contribution in [-0.4, -0.2) is 26.0 Å². The Kier molecular flexibility index (Phi) is 4.88. The third-order valence-electron chi connectivity index (χ3n) is 4.00. The van der Waals surface area contributed by atoms with E-state index in [1.165, 1.54) is 7.11 Å². The second-order valence-electron chi connectivity index (χ2n) is 5.86. The minimum Gasteiger partial charge on any atom is -0.493 e. The van der Waals surface area contributed by atoms with Crippen molar-refractivity contribution < 1.29 is 19.1 Å². The van der Waals surface area contributed by atoms with Crippen molar-refractivity contribution in [1.29, 1.82) is 0 Å². The van der Waals surface area contributed by atoms with Gasteiger partial charge in [0.2, 0.25) is 5.91 Å². The Hall–Kier alpha value is -3.02. The van der Waals surface area contributed by atoms with Gasteiger partial charge in [-0.25, -0.2) is 0 Å². The number of benzene rings is 2. The maximum atomic E-state index is 12.3. The summed E-state index contributed by atoms with van der Waals surface area (Å²) in [6.45, 7) is 0. The van der Waals surface area contributed by atoms with Gasteiger partial charge in [-0.1, -0.05) is 0 Å². The Morgan fingerprint density at radius 2 is 1.52 bits per heavy atom. The number of nitrogens with one attached hydrogen (secondary N) is 2. The molecule has 2 amide bonds. The van der Waals surface area contributed by atoms with E-state index in [0.29, 0.717) is 28.4 Å². The molecule has 0 aromatic heterocycles. The van der Waals surface area contributed by atoms with Gasteiger partial charge in [0.15, 0.2) is 11.5 Å². The zero-order valence-electron chi connectivity index (χ0n) is 14.2. The molecular weight excluding hydrogens is 320 g/mol. The highest BCUT2D eigenvalue weighted by molar-refractivity contribution is 6.05. The third kappa shape index (κ3) is 4.09. The maximum absolute atomic E-state index is 12.3. The molecule has 0 bridgehead atoms. The van der Waals surface area contributed by atoms with Gasteiger partial charge in [-0.05, 0) is 49.2 Å². The molecule has 0 radical (unpaired) electrons. The molecule has 1 fully saturated rings. The summed E-state index contributed by atoms with van der Waals surface area (Å²) in [5.74, 6) is 1.08. The van der Waals surface area contributed by atoms with Crippen LogP contribution in [-0.2, 0) is 4.79 Å². The number of anilines is 2. The standard InChI is InChI=1S/C19H20N2O4/c1-24-16-10-9-15(11-17(16)25-2)21-19(23)13-5-7-14(8-6-13)20-18(22)12-3-4-12/h5-12H,3-4H2,1-2H3,(H,20,22)(H,21,23). The Morgan fingerprint density at radius 3 is 2.12 bits per heavy atom. The highest BCUT2D eigenvalue weighted by atomic mass is 16.5. The summed E-state index contributed by atoms with van der Waals surface area (Å²) in [5, 5.41) is 5.66. The van der Waals surface area contributed by atoms with E-state index in [0.717, 1.165) is 12.8 Å². The molecule has 6 heteroatoms. The second kappa shape index (κ2) is 7.25. The van der Waals surface area contributed by atoms with Crippen molar-refractivity contribution in [2.24, 2.45) is 5.92 Å². The normalized spacial score (nSPS) is 13.0. The van der Waals surface area contributed by atoms with Crippen molar-refractivity contribution in [2.75, 3.05) is 24.9 Å². The number of carbonyl (C=O) groups excluding carboxylic acids is 2. The van der Waals surface area contributed by atoms with Crippen LogP contribution in [0.15, 0.2) is 42.5 Å². The van der Waals surface area contributed by atoms with Crippen molar-refractivity contribution in [3.8, 4) is 11.5 Å². The molecule has 2 N–H and O–H groups in total. The van der Waals surface area contributed by atoms with Crippen molar-refractivity contribution in [2.45, 2.75) is 12.8 Å². The van der Waals surface area contributed by atoms with Gasteiger partial charge in [0.1, 0.15) is 0 Å². The number of amides is 2. The summed E-state index contributed by atoms with van der Waals surface area (Å²) in [7, 11) is 3.10. The van der Waals surface area contributed by atoms with Crippen molar-refractivity contribution in [3.05, 3.63) is 48.0 Å². The van der Waals surface area contributed by atoms with Crippen LogP contribution in [0.5, 0.6) is 11.5 Å². The van der Waals surface area contributed by atoms with E-state index in [2.05, 4.69) is 10.6 Å². The molecule has 1 saturated carbocycles. The molecule has 1 aliphatic rings. The first-order valence-corrected chi connectivity index (χ1v) is 8.05. The molecule has 2 aromatic rings. The molecule has 2 aromatic carbocycles.